The van der Waals surface area contributed by atoms with Crippen LogP contribution in [0.5, 0.6) is 0 Å². The number of likely N-dealkylation sites (N-methyl/N-ethyl adjacent to an activating group) is 2. The van der Waals surface area contributed by atoms with Gasteiger partial charge in [0.1, 0.15) is 6.04 Å². The molecule has 4 amide bonds. The van der Waals surface area contributed by atoms with E-state index >= 15 is 0 Å². The fourth-order valence-electron chi connectivity index (χ4n) is 8.74. The highest BCUT2D eigenvalue weighted by Crippen LogP contribution is 2.30. The lowest BCUT2D eigenvalue weighted by molar-refractivity contribution is -0.148. The lowest BCUT2D eigenvalue weighted by atomic mass is 9.89. The van der Waals surface area contributed by atoms with Crippen molar-refractivity contribution >= 4 is 29.3 Å². The van der Waals surface area contributed by atoms with Gasteiger partial charge < -0.3 is 40.7 Å². The Morgan fingerprint density at radius 3 is 2.12 bits per heavy atom. The van der Waals surface area contributed by atoms with Crippen molar-refractivity contribution < 1.29 is 33.8 Å². The van der Waals surface area contributed by atoms with Gasteiger partial charge in [0.25, 0.3) is 0 Å². The maximum absolute atomic E-state index is 14.5. The Hall–Kier alpha value is -4.04. The van der Waals surface area contributed by atoms with Gasteiger partial charge in [-0.15, -0.1) is 0 Å². The number of hydrogen-bond acceptors (Lipinski definition) is 9. The van der Waals surface area contributed by atoms with E-state index in [2.05, 4.69) is 10.6 Å². The minimum absolute atomic E-state index is 0.0138. The zero-order valence-electron chi connectivity index (χ0n) is 37.7. The van der Waals surface area contributed by atoms with Gasteiger partial charge in [0.2, 0.25) is 23.6 Å². The van der Waals surface area contributed by atoms with Gasteiger partial charge in [0.05, 0.1) is 54.8 Å². The van der Waals surface area contributed by atoms with Gasteiger partial charge >= 0.3 is 0 Å². The molecule has 13 nitrogen and oxygen atoms in total. The summed E-state index contributed by atoms with van der Waals surface area (Å²) in [5.41, 5.74) is 8.37. The summed E-state index contributed by atoms with van der Waals surface area (Å²) >= 11 is 0. The first-order chi connectivity index (χ1) is 27.9. The molecule has 0 aliphatic carbocycles. The lowest BCUT2D eigenvalue weighted by Crippen LogP contribution is -2.60. The predicted octanol–water partition coefficient (Wildman–Crippen LogP) is 5.02. The van der Waals surface area contributed by atoms with Crippen LogP contribution in [0.25, 0.3) is 0 Å². The number of carbonyl (C=O) groups excluding carboxylic acids is 4. The van der Waals surface area contributed by atoms with Gasteiger partial charge in [-0.1, -0.05) is 97.4 Å². The van der Waals surface area contributed by atoms with Crippen molar-refractivity contribution in [3.05, 3.63) is 65.7 Å². The van der Waals surface area contributed by atoms with E-state index in [-0.39, 0.29) is 53.8 Å². The van der Waals surface area contributed by atoms with E-state index in [9.17, 15) is 24.3 Å². The van der Waals surface area contributed by atoms with Gasteiger partial charge in [-0.2, -0.15) is 0 Å². The van der Waals surface area contributed by atoms with Crippen molar-refractivity contribution in [2.24, 2.45) is 23.7 Å². The Morgan fingerprint density at radius 1 is 0.898 bits per heavy atom. The second kappa shape index (κ2) is 23.1. The molecular formula is C46H74N6O7. The minimum Gasteiger partial charge on any atom is -0.399 e. The normalized spacial score (nSPS) is 19.1. The molecule has 330 valence electrons. The van der Waals surface area contributed by atoms with Gasteiger partial charge in [-0.25, -0.2) is 0 Å². The number of aliphatic hydroxyl groups is 1. The molecule has 0 unspecified atom stereocenters. The first-order valence-corrected chi connectivity index (χ1v) is 21.4. The third kappa shape index (κ3) is 13.0. The van der Waals surface area contributed by atoms with Crippen molar-refractivity contribution in [2.45, 2.75) is 136 Å². The van der Waals surface area contributed by atoms with Crippen LogP contribution in [0.2, 0.25) is 0 Å². The van der Waals surface area contributed by atoms with Crippen LogP contribution in [-0.4, -0.2) is 121 Å². The lowest BCUT2D eigenvalue weighted by Gasteiger charge is -2.41. The maximum atomic E-state index is 14.5. The molecule has 2 aromatic rings. The fraction of sp³-hybridized carbons (Fsp3) is 0.652. The van der Waals surface area contributed by atoms with Crippen molar-refractivity contribution in [2.75, 3.05) is 40.6 Å². The standard InChI is InChI=1S/C46H74N6O7/c1-13-30(6)41(51(10)46(57)39(28(2)3)49-45(56)40(29(4)5)50(9)27-33-19-17-22-35(47)25-33)37(58-11)26-38(53)52-24-18-23-36(52)43(59-12)31(7)44(55)48-32(8)42(54)34-20-15-14-16-21-34/h14-17,19-22,25,28-32,36-37,39-43,54H,13,18,23-24,26-27,47H2,1-12H3,(H,48,55)(H,49,56)/t30-,31+,32+,36-,37+,39-,40-,41-,42+,43+/m0/s1. The summed E-state index contributed by atoms with van der Waals surface area (Å²) in [5, 5.41) is 16.9. The summed E-state index contributed by atoms with van der Waals surface area (Å²) in [6, 6.07) is 14.1. The van der Waals surface area contributed by atoms with E-state index in [0.717, 1.165) is 18.4 Å². The van der Waals surface area contributed by atoms with Crippen molar-refractivity contribution in [3.63, 3.8) is 0 Å². The molecule has 59 heavy (non-hydrogen) atoms. The third-order valence-electron chi connectivity index (χ3n) is 12.2. The number of hydrogen-bond donors (Lipinski definition) is 4. The van der Waals surface area contributed by atoms with Gasteiger partial charge in [-0.05, 0) is 67.8 Å². The highest BCUT2D eigenvalue weighted by atomic mass is 16.5. The van der Waals surface area contributed by atoms with Crippen LogP contribution in [0.4, 0.5) is 5.69 Å². The first-order valence-electron chi connectivity index (χ1n) is 21.4. The summed E-state index contributed by atoms with van der Waals surface area (Å²) in [4.78, 5) is 61.8. The minimum atomic E-state index is -0.885. The molecule has 1 aliphatic rings. The Morgan fingerprint density at radius 2 is 1.56 bits per heavy atom. The average molecular weight is 823 g/mol. The van der Waals surface area contributed by atoms with Crippen LogP contribution < -0.4 is 16.4 Å². The Bertz CT molecular complexity index is 1640. The second-order valence-electron chi connectivity index (χ2n) is 17.3. The topological polar surface area (TPSA) is 167 Å². The number of nitrogens with zero attached hydrogens (tertiary/aromatic N) is 3. The molecule has 1 heterocycles. The molecule has 0 saturated carbocycles. The first kappa shape index (κ1) is 49.3. The molecule has 1 aliphatic heterocycles. The van der Waals surface area contributed by atoms with Gasteiger partial charge in [-0.3, -0.25) is 24.1 Å². The van der Waals surface area contributed by atoms with Crippen LogP contribution in [0.15, 0.2) is 54.6 Å². The average Bonchev–Trinajstić information content (AvgIpc) is 3.68. The molecule has 0 aromatic heterocycles. The predicted molar refractivity (Wildman–Crippen MR) is 233 cm³/mol. The maximum Gasteiger partial charge on any atom is 0.245 e. The Kier molecular flexibility index (Phi) is 19.3. The Balaban J connectivity index is 1.77. The summed E-state index contributed by atoms with van der Waals surface area (Å²) in [6.45, 7) is 16.5. The van der Waals surface area contributed by atoms with Crippen LogP contribution in [0.1, 0.15) is 98.3 Å². The number of nitrogens with one attached hydrogen (secondary N) is 2. The monoisotopic (exact) mass is 823 g/mol. The number of nitrogens with two attached hydrogens (primary N) is 1. The summed E-state index contributed by atoms with van der Waals surface area (Å²) in [6.07, 6.45) is 0.0286. The van der Waals surface area contributed by atoms with Crippen molar-refractivity contribution in [1.82, 2.24) is 25.3 Å². The van der Waals surface area contributed by atoms with Crippen molar-refractivity contribution in [3.8, 4) is 0 Å². The smallest absolute Gasteiger partial charge is 0.245 e. The van der Waals surface area contributed by atoms with Gasteiger partial charge in [0.15, 0.2) is 0 Å². The number of carbonyl (C=O) groups is 4. The number of nitrogen functional groups attached to an aromatic ring is 1. The summed E-state index contributed by atoms with van der Waals surface area (Å²) in [7, 11) is 6.76. The number of likely N-dealkylation sites (tertiary alicyclic amines) is 1. The van der Waals surface area contributed by atoms with Crippen LogP contribution in [0, 0.1) is 23.7 Å². The van der Waals surface area contributed by atoms with E-state index in [1.807, 2.05) is 108 Å². The Labute approximate surface area is 353 Å². The molecule has 1 saturated heterocycles. The summed E-state index contributed by atoms with van der Waals surface area (Å²) in [5.74, 6) is -1.83. The molecule has 5 N–H and O–H groups in total. The molecule has 2 aromatic carbocycles. The van der Waals surface area contributed by atoms with E-state index in [0.29, 0.717) is 30.8 Å². The quantitative estimate of drug-likeness (QED) is 0.119. The third-order valence-corrected chi connectivity index (χ3v) is 12.2. The zero-order chi connectivity index (χ0) is 44.1. The molecule has 10 atom stereocenters. The summed E-state index contributed by atoms with van der Waals surface area (Å²) < 4.78 is 12.0. The number of amides is 4. The van der Waals surface area contributed by atoms with Crippen LogP contribution >= 0.6 is 0 Å². The number of anilines is 1. The van der Waals surface area contributed by atoms with E-state index < -0.39 is 48.4 Å². The number of aliphatic hydroxyl groups excluding tert-OH is 1. The van der Waals surface area contributed by atoms with E-state index in [1.165, 1.54) is 0 Å². The number of benzene rings is 2. The highest BCUT2D eigenvalue weighted by molar-refractivity contribution is 5.90. The van der Waals surface area contributed by atoms with Crippen molar-refractivity contribution in [1.29, 1.82) is 0 Å². The highest BCUT2D eigenvalue weighted by Gasteiger charge is 2.43. The van der Waals surface area contributed by atoms with E-state index in [4.69, 9.17) is 15.2 Å². The SMILES string of the molecule is CC[C@H](C)[C@@H]([C@@H](CC(=O)N1CCC[C@H]1[C@H](OC)[C@@H](C)C(=O)N[C@H](C)[C@@H](O)c1ccccc1)OC)N(C)C(=O)[C@@H](NC(=O)[C@H](C(C)C)N(C)Cc1cccc(N)c1)C(C)C. The van der Waals surface area contributed by atoms with Gasteiger partial charge in [0, 0.05) is 40.0 Å². The molecule has 0 bridgehead atoms. The van der Waals surface area contributed by atoms with Crippen LogP contribution in [0.3, 0.4) is 0 Å². The molecule has 13 heteroatoms. The molecule has 0 radical (unpaired) electrons. The van der Waals surface area contributed by atoms with Crippen LogP contribution in [-0.2, 0) is 35.2 Å². The largest absolute Gasteiger partial charge is 0.399 e. The molecule has 3 rings (SSSR count). The second-order valence-corrected chi connectivity index (χ2v) is 17.3. The molecular weight excluding hydrogens is 749 g/mol. The molecule has 1 fully saturated rings. The zero-order valence-corrected chi connectivity index (χ0v) is 37.7. The number of methoxy groups -OCH3 is 2. The fourth-order valence-corrected chi connectivity index (χ4v) is 8.74. The van der Waals surface area contributed by atoms with E-state index in [1.54, 1.807) is 44.9 Å². The number of ether oxygens (including phenoxy) is 2. The molecule has 0 spiro atoms. The number of rotatable bonds is 22.